The summed E-state index contributed by atoms with van der Waals surface area (Å²) < 4.78 is 10.7. The number of carbonyl (C=O) groups is 1. The fourth-order valence-electron chi connectivity index (χ4n) is 3.71. The molecule has 2 fully saturated rings. The minimum absolute atomic E-state index is 0.0229. The molecule has 1 N–H and O–H groups in total. The molecule has 29 heavy (non-hydrogen) atoms. The minimum atomic E-state index is -0.0948. The van der Waals surface area contributed by atoms with Gasteiger partial charge in [0.25, 0.3) is 0 Å². The number of hydrogen-bond acceptors (Lipinski definition) is 4. The van der Waals surface area contributed by atoms with Gasteiger partial charge in [0, 0.05) is 31.8 Å². The molecule has 0 bridgehead atoms. The van der Waals surface area contributed by atoms with Crippen LogP contribution in [-0.2, 0) is 9.53 Å². The van der Waals surface area contributed by atoms with E-state index in [4.69, 9.17) is 9.47 Å². The number of nitrogens with one attached hydrogen (secondary N) is 1. The fourth-order valence-corrected chi connectivity index (χ4v) is 3.71. The Morgan fingerprint density at radius 1 is 1.10 bits per heavy atom. The number of rotatable bonds is 9. The van der Waals surface area contributed by atoms with Crippen LogP contribution in [0.5, 0.6) is 5.75 Å². The molecule has 154 valence electrons. The molecule has 4 rings (SSSR count). The molecule has 1 unspecified atom stereocenters. The van der Waals surface area contributed by atoms with E-state index in [1.54, 1.807) is 0 Å². The van der Waals surface area contributed by atoms with Crippen LogP contribution in [0.1, 0.15) is 42.9 Å². The highest BCUT2D eigenvalue weighted by atomic mass is 16.5. The van der Waals surface area contributed by atoms with Gasteiger partial charge in [0.05, 0.1) is 12.6 Å². The second-order valence-electron chi connectivity index (χ2n) is 8.24. The predicted molar refractivity (Wildman–Crippen MR) is 114 cm³/mol. The number of hydrogen-bond donors (Lipinski definition) is 1. The van der Waals surface area contributed by atoms with Crippen LogP contribution in [0.4, 0.5) is 5.69 Å². The van der Waals surface area contributed by atoms with E-state index >= 15 is 0 Å². The Bertz CT molecular complexity index is 809. The lowest BCUT2D eigenvalue weighted by atomic mass is 9.90. The molecule has 5 heteroatoms. The molecule has 2 aromatic rings. The molecule has 0 aromatic heterocycles. The van der Waals surface area contributed by atoms with Crippen LogP contribution in [-0.4, -0.2) is 39.3 Å². The number of methoxy groups -OCH3 is 1. The second kappa shape index (κ2) is 8.87. The Labute approximate surface area is 173 Å². The first-order valence-corrected chi connectivity index (χ1v) is 10.5. The van der Waals surface area contributed by atoms with Crippen molar-refractivity contribution in [1.82, 2.24) is 5.32 Å². The molecular formula is C24H30N2O3. The van der Waals surface area contributed by atoms with Crippen LogP contribution >= 0.6 is 0 Å². The van der Waals surface area contributed by atoms with Gasteiger partial charge in [-0.05, 0) is 61.1 Å². The van der Waals surface area contributed by atoms with Crippen molar-refractivity contribution < 1.29 is 14.3 Å². The summed E-state index contributed by atoms with van der Waals surface area (Å²) in [6, 6.07) is 17.1. The quantitative estimate of drug-likeness (QED) is 0.701. The molecule has 2 aromatic carbocycles. The maximum Gasteiger partial charge on any atom is 0.246 e. The highest BCUT2D eigenvalue weighted by molar-refractivity contribution is 5.77. The van der Waals surface area contributed by atoms with Gasteiger partial charge in [-0.15, -0.1) is 0 Å². The summed E-state index contributed by atoms with van der Waals surface area (Å²) in [6.07, 6.45) is 2.63. The van der Waals surface area contributed by atoms with Gasteiger partial charge in [-0.2, -0.15) is 0 Å². The zero-order chi connectivity index (χ0) is 20.2. The third kappa shape index (κ3) is 5.10. The average Bonchev–Trinajstić information content (AvgIpc) is 3.51. The van der Waals surface area contributed by atoms with Gasteiger partial charge in [-0.3, -0.25) is 4.79 Å². The van der Waals surface area contributed by atoms with E-state index in [0.717, 1.165) is 36.9 Å². The van der Waals surface area contributed by atoms with Crippen LogP contribution in [0, 0.1) is 5.92 Å². The molecule has 1 saturated heterocycles. The van der Waals surface area contributed by atoms with Crippen LogP contribution in [0.15, 0.2) is 48.5 Å². The van der Waals surface area contributed by atoms with Crippen molar-refractivity contribution >= 4 is 11.6 Å². The standard InChI is InChI=1S/C24H30N2O3/c1-17(25-24(27)16-28-2)19-5-7-20(8-6-19)21-13-26(14-21)22-9-11-23(12-10-22)29-15-18-3-4-18/h5-12,17-18,21H,3-4,13-16H2,1-2H3,(H,25,27). The minimum Gasteiger partial charge on any atom is -0.493 e. The zero-order valence-electron chi connectivity index (χ0n) is 17.3. The van der Waals surface area contributed by atoms with Gasteiger partial charge in [0.2, 0.25) is 5.91 Å². The fraction of sp³-hybridized carbons (Fsp3) is 0.458. The van der Waals surface area contributed by atoms with Gasteiger partial charge in [0.15, 0.2) is 0 Å². The maximum absolute atomic E-state index is 11.7. The average molecular weight is 395 g/mol. The van der Waals surface area contributed by atoms with Crippen molar-refractivity contribution in [1.29, 1.82) is 0 Å². The van der Waals surface area contributed by atoms with Gasteiger partial charge in [-0.25, -0.2) is 0 Å². The summed E-state index contributed by atoms with van der Waals surface area (Å²) in [4.78, 5) is 14.1. The lowest BCUT2D eigenvalue weighted by Gasteiger charge is -2.41. The summed E-state index contributed by atoms with van der Waals surface area (Å²) in [7, 11) is 1.53. The summed E-state index contributed by atoms with van der Waals surface area (Å²) >= 11 is 0. The van der Waals surface area contributed by atoms with Crippen molar-refractivity contribution in [2.75, 3.05) is 38.3 Å². The first kappa shape index (κ1) is 19.8. The van der Waals surface area contributed by atoms with E-state index in [-0.39, 0.29) is 18.6 Å². The van der Waals surface area contributed by atoms with Crippen molar-refractivity contribution in [3.8, 4) is 5.75 Å². The smallest absolute Gasteiger partial charge is 0.246 e. The normalized spacial score (nSPS) is 17.5. The molecule has 0 radical (unpaired) electrons. The Kier molecular flexibility index (Phi) is 6.05. The molecule has 5 nitrogen and oxygen atoms in total. The monoisotopic (exact) mass is 394 g/mol. The number of anilines is 1. The van der Waals surface area contributed by atoms with Gasteiger partial charge < -0.3 is 19.7 Å². The van der Waals surface area contributed by atoms with Crippen LogP contribution in [0.3, 0.4) is 0 Å². The molecule has 2 aliphatic rings. The SMILES string of the molecule is COCC(=O)NC(C)c1ccc(C2CN(c3ccc(OCC4CC4)cc3)C2)cc1. The van der Waals surface area contributed by atoms with E-state index in [1.807, 2.05) is 6.92 Å². The lowest BCUT2D eigenvalue weighted by Crippen LogP contribution is -2.45. The van der Waals surface area contributed by atoms with Crippen LogP contribution in [0.25, 0.3) is 0 Å². The molecule has 1 atom stereocenters. The Hall–Kier alpha value is -2.53. The molecule has 1 saturated carbocycles. The third-order valence-electron chi connectivity index (χ3n) is 5.83. The Morgan fingerprint density at radius 3 is 2.41 bits per heavy atom. The summed E-state index contributed by atoms with van der Waals surface area (Å²) in [5, 5.41) is 2.94. The molecule has 0 spiro atoms. The maximum atomic E-state index is 11.7. The summed E-state index contributed by atoms with van der Waals surface area (Å²) in [5.74, 6) is 2.21. The number of ether oxygens (including phenoxy) is 2. The van der Waals surface area contributed by atoms with Crippen molar-refractivity contribution in [3.63, 3.8) is 0 Å². The first-order valence-electron chi connectivity index (χ1n) is 10.5. The Balaban J connectivity index is 1.26. The molecule has 1 aliphatic heterocycles. The molecule has 1 heterocycles. The number of carbonyl (C=O) groups excluding carboxylic acids is 1. The van der Waals surface area contributed by atoms with E-state index in [9.17, 15) is 4.79 Å². The van der Waals surface area contributed by atoms with Crippen molar-refractivity contribution in [2.24, 2.45) is 5.92 Å². The number of nitrogens with zero attached hydrogens (tertiary/aromatic N) is 1. The van der Waals surface area contributed by atoms with E-state index in [2.05, 4.69) is 58.7 Å². The summed E-state index contributed by atoms with van der Waals surface area (Å²) in [6.45, 7) is 5.00. The van der Waals surface area contributed by atoms with Crippen LogP contribution < -0.4 is 15.0 Å². The Morgan fingerprint density at radius 2 is 1.79 bits per heavy atom. The zero-order valence-corrected chi connectivity index (χ0v) is 17.3. The van der Waals surface area contributed by atoms with Crippen LogP contribution in [0.2, 0.25) is 0 Å². The van der Waals surface area contributed by atoms with E-state index in [0.29, 0.717) is 5.92 Å². The van der Waals surface area contributed by atoms with E-state index < -0.39 is 0 Å². The van der Waals surface area contributed by atoms with Crippen molar-refractivity contribution in [3.05, 3.63) is 59.7 Å². The van der Waals surface area contributed by atoms with Gasteiger partial charge in [-0.1, -0.05) is 24.3 Å². The predicted octanol–water partition coefficient (Wildman–Crippen LogP) is 3.90. The number of benzene rings is 2. The topological polar surface area (TPSA) is 50.8 Å². The molecule has 1 amide bonds. The van der Waals surface area contributed by atoms with Gasteiger partial charge >= 0.3 is 0 Å². The first-order chi connectivity index (χ1) is 14.1. The highest BCUT2D eigenvalue weighted by Crippen LogP contribution is 2.34. The third-order valence-corrected chi connectivity index (χ3v) is 5.83. The highest BCUT2D eigenvalue weighted by Gasteiger charge is 2.28. The lowest BCUT2D eigenvalue weighted by molar-refractivity contribution is -0.125. The van der Waals surface area contributed by atoms with E-state index in [1.165, 1.54) is 31.2 Å². The molecule has 1 aliphatic carbocycles. The number of amides is 1. The van der Waals surface area contributed by atoms with Crippen molar-refractivity contribution in [2.45, 2.75) is 31.7 Å². The molecular weight excluding hydrogens is 364 g/mol. The second-order valence-corrected chi connectivity index (χ2v) is 8.24. The summed E-state index contributed by atoms with van der Waals surface area (Å²) in [5.41, 5.74) is 3.71. The van der Waals surface area contributed by atoms with Gasteiger partial charge in [0.1, 0.15) is 12.4 Å². The largest absolute Gasteiger partial charge is 0.493 e.